The average molecular weight is 422 g/mol. The number of esters is 2. The maximum atomic E-state index is 12.7. The van der Waals surface area contributed by atoms with Gasteiger partial charge in [-0.2, -0.15) is 5.10 Å². The fourth-order valence-corrected chi connectivity index (χ4v) is 5.30. The Hall–Kier alpha value is -2.16. The van der Waals surface area contributed by atoms with Crippen LogP contribution in [0.5, 0.6) is 0 Å². The number of ether oxygens (including phenoxy) is 2. The van der Waals surface area contributed by atoms with Gasteiger partial charge in [0.2, 0.25) is 0 Å². The Morgan fingerprint density at radius 1 is 1.31 bits per heavy atom. The van der Waals surface area contributed by atoms with Gasteiger partial charge in [-0.1, -0.05) is 20.8 Å². The summed E-state index contributed by atoms with van der Waals surface area (Å²) >= 11 is 1.00. The number of carbonyl (C=O) groups excluding carboxylic acids is 3. The zero-order chi connectivity index (χ0) is 21.4. The summed E-state index contributed by atoms with van der Waals surface area (Å²) in [6, 6.07) is 0. The number of nitrogens with zero attached hydrogens (tertiary/aromatic N) is 3. The van der Waals surface area contributed by atoms with E-state index in [2.05, 4.69) is 35.7 Å². The normalized spacial score (nSPS) is 31.9. The van der Waals surface area contributed by atoms with E-state index in [9.17, 15) is 14.4 Å². The highest BCUT2D eigenvalue weighted by Crippen LogP contribution is 2.64. The summed E-state index contributed by atoms with van der Waals surface area (Å²) in [6.45, 7) is 8.40. The molecule has 2 aliphatic carbocycles. The Kier molecular flexibility index (Phi) is 5.89. The van der Waals surface area contributed by atoms with E-state index >= 15 is 0 Å². The molecule has 9 heteroatoms. The summed E-state index contributed by atoms with van der Waals surface area (Å²) in [7, 11) is 1.23. The lowest BCUT2D eigenvalue weighted by molar-refractivity contribution is -0.145. The van der Waals surface area contributed by atoms with Crippen molar-refractivity contribution in [3.63, 3.8) is 0 Å². The molecule has 2 unspecified atom stereocenters. The SMILES string of the molecule is CCOC(=O)CN1C(=O)C(=CC(=O)OC)SC1=NN=C1CC2CCC1(C)C2(C)C. The van der Waals surface area contributed by atoms with Crippen molar-refractivity contribution in [2.75, 3.05) is 20.3 Å². The lowest BCUT2D eigenvalue weighted by atomic mass is 9.70. The summed E-state index contributed by atoms with van der Waals surface area (Å²) in [5.41, 5.74) is 1.16. The van der Waals surface area contributed by atoms with Crippen molar-refractivity contribution in [2.24, 2.45) is 27.0 Å². The Morgan fingerprint density at radius 3 is 2.59 bits per heavy atom. The summed E-state index contributed by atoms with van der Waals surface area (Å²) < 4.78 is 9.56. The van der Waals surface area contributed by atoms with Gasteiger partial charge in [-0.25, -0.2) is 4.79 Å². The van der Waals surface area contributed by atoms with Crippen molar-refractivity contribution in [1.29, 1.82) is 0 Å². The summed E-state index contributed by atoms with van der Waals surface area (Å²) in [5, 5.41) is 9.12. The van der Waals surface area contributed by atoms with Crippen LogP contribution in [0.15, 0.2) is 21.2 Å². The van der Waals surface area contributed by atoms with E-state index < -0.39 is 17.8 Å². The van der Waals surface area contributed by atoms with Crippen LogP contribution >= 0.6 is 11.8 Å². The first kappa shape index (κ1) is 21.5. The van der Waals surface area contributed by atoms with Crippen molar-refractivity contribution in [3.05, 3.63) is 11.0 Å². The first-order chi connectivity index (χ1) is 13.6. The van der Waals surface area contributed by atoms with Crippen LogP contribution in [0.1, 0.15) is 47.0 Å². The number of hydrogen-bond donors (Lipinski definition) is 0. The highest BCUT2D eigenvalue weighted by atomic mass is 32.2. The van der Waals surface area contributed by atoms with E-state index in [1.807, 2.05) is 0 Å². The van der Waals surface area contributed by atoms with Crippen LogP contribution in [-0.2, 0) is 23.9 Å². The van der Waals surface area contributed by atoms with Crippen molar-refractivity contribution in [2.45, 2.75) is 47.0 Å². The topological polar surface area (TPSA) is 97.6 Å². The molecule has 29 heavy (non-hydrogen) atoms. The molecule has 3 aliphatic rings. The van der Waals surface area contributed by atoms with Gasteiger partial charge in [0, 0.05) is 17.2 Å². The van der Waals surface area contributed by atoms with Crippen molar-refractivity contribution in [3.8, 4) is 0 Å². The first-order valence-electron chi connectivity index (χ1n) is 9.74. The predicted molar refractivity (Wildman–Crippen MR) is 110 cm³/mol. The molecular formula is C20H27N3O5S. The molecule has 8 nitrogen and oxygen atoms in total. The molecule has 1 heterocycles. The maximum absolute atomic E-state index is 12.7. The van der Waals surface area contributed by atoms with Gasteiger partial charge in [0.05, 0.1) is 18.6 Å². The van der Waals surface area contributed by atoms with Crippen LogP contribution in [0, 0.1) is 16.7 Å². The Morgan fingerprint density at radius 2 is 2.03 bits per heavy atom. The van der Waals surface area contributed by atoms with Crippen molar-refractivity contribution in [1.82, 2.24) is 4.90 Å². The van der Waals surface area contributed by atoms with E-state index in [-0.39, 0.29) is 34.1 Å². The molecule has 0 spiro atoms. The number of thioether (sulfide) groups is 1. The summed E-state index contributed by atoms with van der Waals surface area (Å²) in [5.74, 6) is -1.11. The third-order valence-electron chi connectivity index (χ3n) is 6.70. The molecule has 2 bridgehead atoms. The standard InChI is InChI=1S/C20H27N3O5S/c1-6-28-16(25)11-23-17(26)13(10-15(24)27-5)29-18(23)22-21-14-9-12-7-8-20(14,4)19(12,2)3/h10,12H,6-9,11H2,1-5H3. The Balaban J connectivity index is 1.90. The molecule has 2 atom stereocenters. The second kappa shape index (κ2) is 7.93. The van der Waals surface area contributed by atoms with Crippen LogP contribution < -0.4 is 0 Å². The molecule has 1 amide bonds. The number of hydrogen-bond acceptors (Lipinski definition) is 8. The number of rotatable bonds is 5. The minimum absolute atomic E-state index is 0.0222. The monoisotopic (exact) mass is 421 g/mol. The molecule has 1 saturated heterocycles. The molecule has 0 N–H and O–H groups in total. The van der Waals surface area contributed by atoms with Crippen LogP contribution in [0.3, 0.4) is 0 Å². The molecular weight excluding hydrogens is 394 g/mol. The second-order valence-electron chi connectivity index (χ2n) is 8.25. The van der Waals surface area contributed by atoms with Gasteiger partial charge >= 0.3 is 11.9 Å². The number of carbonyl (C=O) groups is 3. The molecule has 0 aromatic rings. The fourth-order valence-electron chi connectivity index (χ4n) is 4.41. The van der Waals surface area contributed by atoms with E-state index in [0.717, 1.165) is 36.4 Å². The number of amidine groups is 1. The summed E-state index contributed by atoms with van der Waals surface area (Å²) in [6.07, 6.45) is 4.25. The Labute approximate surface area is 174 Å². The molecule has 0 aromatic carbocycles. The minimum Gasteiger partial charge on any atom is -0.466 e. The molecule has 3 fully saturated rings. The van der Waals surface area contributed by atoms with Gasteiger partial charge in [-0.15, -0.1) is 5.10 Å². The van der Waals surface area contributed by atoms with E-state index in [1.165, 1.54) is 18.4 Å². The van der Waals surface area contributed by atoms with E-state index in [1.54, 1.807) is 6.92 Å². The fraction of sp³-hybridized carbons (Fsp3) is 0.650. The molecule has 1 aliphatic heterocycles. The largest absolute Gasteiger partial charge is 0.466 e. The number of methoxy groups -OCH3 is 1. The number of fused-ring (bicyclic) bond motifs is 2. The highest BCUT2D eigenvalue weighted by Gasteiger charge is 2.60. The van der Waals surface area contributed by atoms with Crippen LogP contribution in [-0.4, -0.2) is 53.9 Å². The Bertz CT molecular complexity index is 832. The third-order valence-corrected chi connectivity index (χ3v) is 7.70. The first-order valence-corrected chi connectivity index (χ1v) is 10.6. The third kappa shape index (κ3) is 3.72. The van der Waals surface area contributed by atoms with Crippen LogP contribution in [0.2, 0.25) is 0 Å². The van der Waals surface area contributed by atoms with Gasteiger partial charge in [-0.3, -0.25) is 14.5 Å². The lowest BCUT2D eigenvalue weighted by Gasteiger charge is -2.34. The molecule has 3 rings (SSSR count). The minimum atomic E-state index is -0.646. The zero-order valence-corrected chi connectivity index (χ0v) is 18.3. The smallest absolute Gasteiger partial charge is 0.331 e. The van der Waals surface area contributed by atoms with Gasteiger partial charge < -0.3 is 9.47 Å². The van der Waals surface area contributed by atoms with Crippen molar-refractivity contribution < 1.29 is 23.9 Å². The van der Waals surface area contributed by atoms with Crippen LogP contribution in [0.4, 0.5) is 0 Å². The molecule has 158 valence electrons. The van der Waals surface area contributed by atoms with Gasteiger partial charge in [0.15, 0.2) is 5.17 Å². The molecule has 0 radical (unpaired) electrons. The quantitative estimate of drug-likeness (QED) is 0.385. The lowest BCUT2D eigenvalue weighted by Crippen LogP contribution is -2.35. The molecule has 0 aromatic heterocycles. The average Bonchev–Trinajstić information content (AvgIpc) is 3.15. The van der Waals surface area contributed by atoms with Gasteiger partial charge in [-0.05, 0) is 49.3 Å². The molecule has 2 saturated carbocycles. The number of amides is 1. The predicted octanol–water partition coefficient (Wildman–Crippen LogP) is 2.74. The van der Waals surface area contributed by atoms with Gasteiger partial charge in [0.25, 0.3) is 5.91 Å². The summed E-state index contributed by atoms with van der Waals surface area (Å²) in [4.78, 5) is 37.5. The zero-order valence-electron chi connectivity index (χ0n) is 17.5. The van der Waals surface area contributed by atoms with Crippen molar-refractivity contribution >= 4 is 40.5 Å². The van der Waals surface area contributed by atoms with E-state index in [4.69, 9.17) is 4.74 Å². The van der Waals surface area contributed by atoms with Gasteiger partial charge in [0.1, 0.15) is 6.54 Å². The second-order valence-corrected chi connectivity index (χ2v) is 9.26. The van der Waals surface area contributed by atoms with Crippen LogP contribution in [0.25, 0.3) is 0 Å². The van der Waals surface area contributed by atoms with E-state index in [0.29, 0.717) is 5.92 Å². The maximum Gasteiger partial charge on any atom is 0.331 e. The highest BCUT2D eigenvalue weighted by molar-refractivity contribution is 8.18.